The lowest BCUT2D eigenvalue weighted by Gasteiger charge is -2.08. The van der Waals surface area contributed by atoms with Crippen LogP contribution in [0.1, 0.15) is 11.1 Å². The van der Waals surface area contributed by atoms with Crippen LogP contribution >= 0.6 is 27.5 Å². The van der Waals surface area contributed by atoms with Crippen molar-refractivity contribution in [3.05, 3.63) is 69.3 Å². The minimum atomic E-state index is -0.302. The number of carbonyl (C=O) groups is 1. The SMILES string of the molecule is Cc1cc(Br)ccc1NC(=O)N/C=C/c1ccccc1Cl. The lowest BCUT2D eigenvalue weighted by Crippen LogP contribution is -2.24. The van der Waals surface area contributed by atoms with E-state index in [2.05, 4.69) is 26.6 Å². The lowest BCUT2D eigenvalue weighted by molar-refractivity contribution is 0.255. The average molecular weight is 366 g/mol. The van der Waals surface area contributed by atoms with Crippen LogP contribution < -0.4 is 10.6 Å². The topological polar surface area (TPSA) is 41.1 Å². The van der Waals surface area contributed by atoms with Gasteiger partial charge in [-0.15, -0.1) is 0 Å². The summed E-state index contributed by atoms with van der Waals surface area (Å²) in [5, 5.41) is 6.07. The van der Waals surface area contributed by atoms with Crippen LogP contribution in [-0.2, 0) is 0 Å². The van der Waals surface area contributed by atoms with Gasteiger partial charge in [0.1, 0.15) is 0 Å². The van der Waals surface area contributed by atoms with Gasteiger partial charge in [-0.2, -0.15) is 0 Å². The molecule has 2 aromatic carbocycles. The van der Waals surface area contributed by atoms with E-state index in [-0.39, 0.29) is 6.03 Å². The molecule has 0 spiro atoms. The van der Waals surface area contributed by atoms with E-state index in [1.165, 1.54) is 0 Å². The number of benzene rings is 2. The summed E-state index contributed by atoms with van der Waals surface area (Å²) in [7, 11) is 0. The molecule has 2 aromatic rings. The number of hydrogen-bond acceptors (Lipinski definition) is 1. The summed E-state index contributed by atoms with van der Waals surface area (Å²) >= 11 is 9.41. The van der Waals surface area contributed by atoms with Crippen molar-refractivity contribution in [2.45, 2.75) is 6.92 Å². The van der Waals surface area contributed by atoms with E-state index in [0.29, 0.717) is 5.02 Å². The number of aryl methyl sites for hydroxylation is 1. The van der Waals surface area contributed by atoms with Crippen LogP contribution in [0.15, 0.2) is 53.1 Å². The third kappa shape index (κ3) is 4.62. The van der Waals surface area contributed by atoms with E-state index in [4.69, 9.17) is 11.6 Å². The molecule has 0 bridgehead atoms. The second-order valence-corrected chi connectivity index (χ2v) is 5.74. The minimum absolute atomic E-state index is 0.302. The Bertz CT molecular complexity index is 686. The van der Waals surface area contributed by atoms with Crippen LogP contribution in [0, 0.1) is 6.92 Å². The molecule has 21 heavy (non-hydrogen) atoms. The van der Waals surface area contributed by atoms with Gasteiger partial charge in [0.15, 0.2) is 0 Å². The van der Waals surface area contributed by atoms with Crippen LogP contribution in [0.2, 0.25) is 5.02 Å². The average Bonchev–Trinajstić information content (AvgIpc) is 2.44. The first kappa shape index (κ1) is 15.6. The quantitative estimate of drug-likeness (QED) is 0.771. The number of amides is 2. The molecule has 0 saturated heterocycles. The summed E-state index contributed by atoms with van der Waals surface area (Å²) < 4.78 is 0.976. The summed E-state index contributed by atoms with van der Waals surface area (Å²) in [6.45, 7) is 1.93. The van der Waals surface area contributed by atoms with Gasteiger partial charge in [0.2, 0.25) is 0 Å². The molecule has 0 radical (unpaired) electrons. The number of halogens is 2. The maximum atomic E-state index is 11.8. The van der Waals surface area contributed by atoms with E-state index in [9.17, 15) is 4.79 Å². The molecule has 0 saturated carbocycles. The molecule has 0 aliphatic carbocycles. The number of rotatable bonds is 3. The van der Waals surface area contributed by atoms with Crippen molar-refractivity contribution in [1.29, 1.82) is 0 Å². The predicted molar refractivity (Wildman–Crippen MR) is 91.5 cm³/mol. The van der Waals surface area contributed by atoms with Gasteiger partial charge in [-0.3, -0.25) is 0 Å². The molecule has 0 fully saturated rings. The van der Waals surface area contributed by atoms with Crippen molar-refractivity contribution in [2.24, 2.45) is 0 Å². The Labute approximate surface area is 137 Å². The van der Waals surface area contributed by atoms with Crippen molar-refractivity contribution in [3.8, 4) is 0 Å². The highest BCUT2D eigenvalue weighted by molar-refractivity contribution is 9.10. The van der Waals surface area contributed by atoms with Crippen molar-refractivity contribution in [3.63, 3.8) is 0 Å². The van der Waals surface area contributed by atoms with Crippen LogP contribution in [0.4, 0.5) is 10.5 Å². The van der Waals surface area contributed by atoms with Crippen molar-refractivity contribution < 1.29 is 4.79 Å². The molecule has 3 nitrogen and oxygen atoms in total. The summed E-state index contributed by atoms with van der Waals surface area (Å²) in [6, 6.07) is 12.8. The lowest BCUT2D eigenvalue weighted by atomic mass is 10.2. The first-order valence-electron chi connectivity index (χ1n) is 6.31. The summed E-state index contributed by atoms with van der Waals surface area (Å²) in [5.41, 5.74) is 2.59. The third-order valence-electron chi connectivity index (χ3n) is 2.82. The zero-order chi connectivity index (χ0) is 15.2. The van der Waals surface area contributed by atoms with Crippen LogP contribution in [0.25, 0.3) is 6.08 Å². The smallest absolute Gasteiger partial charge is 0.314 e. The second-order valence-electron chi connectivity index (χ2n) is 4.41. The number of hydrogen-bond donors (Lipinski definition) is 2. The summed E-state index contributed by atoms with van der Waals surface area (Å²) in [4.78, 5) is 11.8. The van der Waals surface area contributed by atoms with Gasteiger partial charge in [0.05, 0.1) is 0 Å². The number of anilines is 1. The van der Waals surface area contributed by atoms with E-state index in [1.807, 2.05) is 43.3 Å². The van der Waals surface area contributed by atoms with E-state index < -0.39 is 0 Å². The molecular weight excluding hydrogens is 352 g/mol. The molecule has 2 N–H and O–H groups in total. The van der Waals surface area contributed by atoms with Crippen molar-refractivity contribution in [1.82, 2.24) is 5.32 Å². The van der Waals surface area contributed by atoms with Crippen LogP contribution in [0.3, 0.4) is 0 Å². The Morgan fingerprint density at radius 1 is 1.24 bits per heavy atom. The summed E-state index contributed by atoms with van der Waals surface area (Å²) in [5.74, 6) is 0. The fraction of sp³-hybridized carbons (Fsp3) is 0.0625. The fourth-order valence-corrected chi connectivity index (χ4v) is 2.42. The summed E-state index contributed by atoms with van der Waals surface area (Å²) in [6.07, 6.45) is 3.31. The highest BCUT2D eigenvalue weighted by atomic mass is 79.9. The highest BCUT2D eigenvalue weighted by Crippen LogP contribution is 2.20. The molecule has 5 heteroatoms. The molecule has 0 aliphatic rings. The third-order valence-corrected chi connectivity index (χ3v) is 3.66. The molecule has 0 atom stereocenters. The zero-order valence-corrected chi connectivity index (χ0v) is 13.7. The van der Waals surface area contributed by atoms with Gasteiger partial charge in [-0.05, 0) is 48.4 Å². The van der Waals surface area contributed by atoms with Crippen LogP contribution in [-0.4, -0.2) is 6.03 Å². The predicted octanol–water partition coefficient (Wildman–Crippen LogP) is 5.20. The van der Waals surface area contributed by atoms with Crippen molar-refractivity contribution >= 4 is 45.3 Å². The number of nitrogens with one attached hydrogen (secondary N) is 2. The van der Waals surface area contributed by atoms with E-state index in [1.54, 1.807) is 18.3 Å². The first-order chi connectivity index (χ1) is 10.1. The standard InChI is InChI=1S/C16H14BrClN2O/c1-11-10-13(17)6-7-15(11)20-16(21)19-9-8-12-4-2-3-5-14(12)18/h2-10H,1H3,(H2,19,20,21)/b9-8+. The van der Waals surface area contributed by atoms with Crippen LogP contribution in [0.5, 0.6) is 0 Å². The maximum Gasteiger partial charge on any atom is 0.323 e. The molecule has 0 heterocycles. The largest absolute Gasteiger partial charge is 0.323 e. The molecular formula is C16H14BrClN2O. The number of carbonyl (C=O) groups excluding carboxylic acids is 1. The zero-order valence-electron chi connectivity index (χ0n) is 11.4. The van der Waals surface area contributed by atoms with Gasteiger partial charge in [-0.25, -0.2) is 4.79 Å². The molecule has 0 aliphatic heterocycles. The Morgan fingerprint density at radius 2 is 2.00 bits per heavy atom. The minimum Gasteiger partial charge on any atom is -0.314 e. The van der Waals surface area contributed by atoms with Gasteiger partial charge in [-0.1, -0.05) is 45.7 Å². The monoisotopic (exact) mass is 364 g/mol. The Balaban J connectivity index is 1.95. The Morgan fingerprint density at radius 3 is 2.71 bits per heavy atom. The van der Waals surface area contributed by atoms with Crippen molar-refractivity contribution in [2.75, 3.05) is 5.32 Å². The maximum absolute atomic E-state index is 11.8. The second kappa shape index (κ2) is 7.29. The fourth-order valence-electron chi connectivity index (χ4n) is 1.74. The highest BCUT2D eigenvalue weighted by Gasteiger charge is 2.03. The molecule has 2 rings (SSSR count). The van der Waals surface area contributed by atoms with E-state index >= 15 is 0 Å². The van der Waals surface area contributed by atoms with Gasteiger partial charge < -0.3 is 10.6 Å². The number of urea groups is 1. The van der Waals surface area contributed by atoms with Gasteiger partial charge in [0, 0.05) is 21.4 Å². The Kier molecular flexibility index (Phi) is 5.42. The van der Waals surface area contributed by atoms with E-state index in [0.717, 1.165) is 21.3 Å². The Hall–Kier alpha value is -1.78. The molecule has 108 valence electrons. The molecule has 2 amide bonds. The molecule has 0 unspecified atom stereocenters. The normalized spacial score (nSPS) is 10.6. The van der Waals surface area contributed by atoms with Gasteiger partial charge >= 0.3 is 6.03 Å². The van der Waals surface area contributed by atoms with Gasteiger partial charge in [0.25, 0.3) is 0 Å². The first-order valence-corrected chi connectivity index (χ1v) is 7.48. The molecule has 0 aromatic heterocycles.